The molecule has 3 aliphatic heterocycles. The van der Waals surface area contributed by atoms with Crippen LogP contribution >= 0.6 is 0 Å². The average molecular weight is 426 g/mol. The largest absolute Gasteiger partial charge is 0.378 e. The number of hydrogen-bond donors (Lipinski definition) is 0. The number of ether oxygens (including phenoxy) is 2. The first-order valence-corrected chi connectivity index (χ1v) is 11.0. The maximum absolute atomic E-state index is 15.7. The molecule has 2 saturated heterocycles. The third kappa shape index (κ3) is 4.36. The van der Waals surface area contributed by atoms with E-state index in [4.69, 9.17) is 14.5 Å². The van der Waals surface area contributed by atoms with E-state index in [1.54, 1.807) is 0 Å². The van der Waals surface area contributed by atoms with Crippen LogP contribution in [0, 0.1) is 5.82 Å². The fourth-order valence-corrected chi connectivity index (χ4v) is 4.29. The van der Waals surface area contributed by atoms with Gasteiger partial charge in [-0.3, -0.25) is 0 Å². The van der Waals surface area contributed by atoms with Crippen molar-refractivity contribution in [2.75, 3.05) is 80.4 Å². The monoisotopic (exact) mass is 425 g/mol. The highest BCUT2D eigenvalue weighted by molar-refractivity contribution is 5.69. The van der Waals surface area contributed by atoms with Gasteiger partial charge >= 0.3 is 0 Å². The number of nitrogens with zero attached hydrogens (tertiary/aromatic N) is 5. The number of benzene rings is 1. The molecule has 0 amide bonds. The van der Waals surface area contributed by atoms with E-state index < -0.39 is 0 Å². The molecule has 0 aliphatic carbocycles. The number of halogens is 1. The smallest absolute Gasteiger partial charge is 0.229 e. The molecule has 0 radical (unpaired) electrons. The molecule has 2 aromatic rings. The predicted octanol–water partition coefficient (Wildman–Crippen LogP) is 2.58. The van der Waals surface area contributed by atoms with Crippen molar-refractivity contribution in [1.29, 1.82) is 0 Å². The summed E-state index contributed by atoms with van der Waals surface area (Å²) in [5, 5.41) is 0. The summed E-state index contributed by atoms with van der Waals surface area (Å²) in [5.41, 5.74) is 2.53. The summed E-state index contributed by atoms with van der Waals surface area (Å²) in [5.74, 6) is 1.02. The Hall–Kier alpha value is -2.71. The molecule has 1 aromatic carbocycles. The SMILES string of the molecule is Fc1c(N2CC=C(c3ccccc3)CC2)nc(N2CCOCC2)nc1N1CCOCC1. The normalized spacial score (nSPS) is 20.0. The highest BCUT2D eigenvalue weighted by Gasteiger charge is 2.27. The summed E-state index contributed by atoms with van der Waals surface area (Å²) < 4.78 is 26.6. The average Bonchev–Trinajstić information content (AvgIpc) is 2.86. The molecule has 3 aliphatic rings. The van der Waals surface area contributed by atoms with Crippen LogP contribution in [-0.4, -0.2) is 75.7 Å². The predicted molar refractivity (Wildman–Crippen MR) is 119 cm³/mol. The molecule has 2 fully saturated rings. The van der Waals surface area contributed by atoms with E-state index in [1.807, 2.05) is 15.9 Å². The summed E-state index contributed by atoms with van der Waals surface area (Å²) in [6.07, 6.45) is 3.04. The second-order valence-corrected chi connectivity index (χ2v) is 7.98. The Morgan fingerprint density at radius 2 is 1.35 bits per heavy atom. The molecule has 0 bridgehead atoms. The molecule has 4 heterocycles. The third-order valence-corrected chi connectivity index (χ3v) is 6.06. The number of aromatic nitrogens is 2. The Kier molecular flexibility index (Phi) is 5.99. The van der Waals surface area contributed by atoms with E-state index in [-0.39, 0.29) is 5.82 Å². The molecule has 1 aromatic heterocycles. The van der Waals surface area contributed by atoms with Crippen LogP contribution in [0.15, 0.2) is 36.4 Å². The van der Waals surface area contributed by atoms with Crippen LogP contribution < -0.4 is 14.7 Å². The zero-order valence-corrected chi connectivity index (χ0v) is 17.7. The van der Waals surface area contributed by atoms with Crippen LogP contribution in [0.25, 0.3) is 5.57 Å². The van der Waals surface area contributed by atoms with E-state index in [2.05, 4.69) is 40.2 Å². The molecule has 0 unspecified atom stereocenters. The summed E-state index contributed by atoms with van der Waals surface area (Å²) >= 11 is 0. The van der Waals surface area contributed by atoms with Gasteiger partial charge in [-0.15, -0.1) is 0 Å². The van der Waals surface area contributed by atoms with Gasteiger partial charge in [0.1, 0.15) is 0 Å². The maximum atomic E-state index is 15.7. The minimum Gasteiger partial charge on any atom is -0.378 e. The van der Waals surface area contributed by atoms with Gasteiger partial charge in [0.2, 0.25) is 11.8 Å². The fraction of sp³-hybridized carbons (Fsp3) is 0.478. The Labute approximate surface area is 182 Å². The lowest BCUT2D eigenvalue weighted by atomic mass is 9.99. The molecule has 8 heteroatoms. The Bertz CT molecular complexity index is 927. The van der Waals surface area contributed by atoms with Crippen LogP contribution in [-0.2, 0) is 9.47 Å². The van der Waals surface area contributed by atoms with Crippen LogP contribution in [0.2, 0.25) is 0 Å². The van der Waals surface area contributed by atoms with Crippen molar-refractivity contribution >= 4 is 23.2 Å². The Morgan fingerprint density at radius 3 is 1.97 bits per heavy atom. The molecule has 7 nitrogen and oxygen atoms in total. The van der Waals surface area contributed by atoms with E-state index in [1.165, 1.54) is 11.1 Å². The molecule has 0 spiro atoms. The van der Waals surface area contributed by atoms with E-state index in [0.717, 1.165) is 13.0 Å². The van der Waals surface area contributed by atoms with Crippen molar-refractivity contribution in [3.63, 3.8) is 0 Å². The standard InChI is InChI=1S/C23H28FN5O2/c24-20-21(27-8-6-19(7-9-27)18-4-2-1-3-5-18)25-23(29-12-16-31-17-13-29)26-22(20)28-10-14-30-15-11-28/h1-6H,7-17H2. The number of rotatable bonds is 4. The van der Waals surface area contributed by atoms with Crippen molar-refractivity contribution in [3.05, 3.63) is 47.8 Å². The first kappa shape index (κ1) is 20.2. The second-order valence-electron chi connectivity index (χ2n) is 7.98. The summed E-state index contributed by atoms with van der Waals surface area (Å²) in [6.45, 7) is 6.48. The Morgan fingerprint density at radius 1 is 0.742 bits per heavy atom. The molecule has 0 N–H and O–H groups in total. The van der Waals surface area contributed by atoms with Crippen molar-refractivity contribution in [2.45, 2.75) is 6.42 Å². The van der Waals surface area contributed by atoms with Gasteiger partial charge in [0.15, 0.2) is 11.6 Å². The maximum Gasteiger partial charge on any atom is 0.229 e. The van der Waals surface area contributed by atoms with Gasteiger partial charge in [0.05, 0.1) is 26.4 Å². The molecule has 31 heavy (non-hydrogen) atoms. The first-order chi connectivity index (χ1) is 15.3. The fourth-order valence-electron chi connectivity index (χ4n) is 4.29. The van der Waals surface area contributed by atoms with Crippen molar-refractivity contribution in [2.24, 2.45) is 0 Å². The van der Waals surface area contributed by atoms with Gasteiger partial charge in [-0.1, -0.05) is 36.4 Å². The van der Waals surface area contributed by atoms with Crippen LogP contribution in [0.3, 0.4) is 0 Å². The number of hydrogen-bond acceptors (Lipinski definition) is 7. The lowest BCUT2D eigenvalue weighted by Crippen LogP contribution is -2.41. The minimum absolute atomic E-state index is 0.338. The van der Waals surface area contributed by atoms with Gasteiger partial charge in [-0.05, 0) is 17.6 Å². The number of anilines is 3. The van der Waals surface area contributed by atoms with Gasteiger partial charge < -0.3 is 24.2 Å². The van der Waals surface area contributed by atoms with Gasteiger partial charge in [0, 0.05) is 39.3 Å². The summed E-state index contributed by atoms with van der Waals surface area (Å²) in [4.78, 5) is 15.4. The molecule has 5 rings (SSSR count). The lowest BCUT2D eigenvalue weighted by molar-refractivity contribution is 0.121. The van der Waals surface area contributed by atoms with Crippen LogP contribution in [0.1, 0.15) is 12.0 Å². The molecule has 164 valence electrons. The van der Waals surface area contributed by atoms with Gasteiger partial charge in [-0.2, -0.15) is 14.4 Å². The Balaban J connectivity index is 1.46. The third-order valence-electron chi connectivity index (χ3n) is 6.06. The highest BCUT2D eigenvalue weighted by Crippen LogP contribution is 2.32. The van der Waals surface area contributed by atoms with Crippen molar-refractivity contribution < 1.29 is 13.9 Å². The van der Waals surface area contributed by atoms with Crippen LogP contribution in [0.4, 0.5) is 22.0 Å². The molecule has 0 atom stereocenters. The topological polar surface area (TPSA) is 54.0 Å². The summed E-state index contributed by atoms with van der Waals surface area (Å²) in [6, 6.07) is 10.4. The molecule has 0 saturated carbocycles. The van der Waals surface area contributed by atoms with Crippen LogP contribution in [0.5, 0.6) is 0 Å². The lowest BCUT2D eigenvalue weighted by Gasteiger charge is -2.34. The van der Waals surface area contributed by atoms with E-state index >= 15 is 4.39 Å². The highest BCUT2D eigenvalue weighted by atomic mass is 19.1. The summed E-state index contributed by atoms with van der Waals surface area (Å²) in [7, 11) is 0. The van der Waals surface area contributed by atoms with E-state index in [9.17, 15) is 0 Å². The van der Waals surface area contributed by atoms with Crippen molar-refractivity contribution in [3.8, 4) is 0 Å². The minimum atomic E-state index is -0.338. The zero-order valence-electron chi connectivity index (χ0n) is 17.7. The molecular formula is C23H28FN5O2. The number of morpholine rings is 2. The quantitative estimate of drug-likeness (QED) is 0.746. The second kappa shape index (κ2) is 9.20. The zero-order chi connectivity index (χ0) is 21.0. The first-order valence-electron chi connectivity index (χ1n) is 11.0. The van der Waals surface area contributed by atoms with Crippen molar-refractivity contribution in [1.82, 2.24) is 9.97 Å². The van der Waals surface area contributed by atoms with E-state index in [0.29, 0.717) is 76.7 Å². The molecular weight excluding hydrogens is 397 g/mol. The van der Waals surface area contributed by atoms with Gasteiger partial charge in [-0.25, -0.2) is 0 Å². The van der Waals surface area contributed by atoms with Gasteiger partial charge in [0.25, 0.3) is 0 Å².